The molecule has 152 valence electrons. The number of allylic oxidation sites excluding steroid dienone is 2. The fourth-order valence-corrected chi connectivity index (χ4v) is 5.21. The summed E-state index contributed by atoms with van der Waals surface area (Å²) in [6, 6.07) is 24.1. The minimum atomic E-state index is -1.68. The molecule has 0 saturated heterocycles. The molecule has 5 nitrogen and oxygen atoms in total. The van der Waals surface area contributed by atoms with Crippen LogP contribution in [0.5, 0.6) is 5.75 Å². The first kappa shape index (κ1) is 20.4. The van der Waals surface area contributed by atoms with Crippen molar-refractivity contribution in [1.82, 2.24) is 0 Å². The number of methoxy groups -OCH3 is 1. The number of fused-ring (bicyclic) bond motifs is 1. The molecule has 5 heteroatoms. The third-order valence-corrected chi connectivity index (χ3v) is 6.75. The van der Waals surface area contributed by atoms with Crippen LogP contribution in [-0.2, 0) is 0 Å². The maximum atomic E-state index is 10.2. The topological polar surface area (TPSA) is 104 Å². The van der Waals surface area contributed by atoms with Gasteiger partial charge in [0.15, 0.2) is 5.41 Å². The average molecular weight is 406 g/mol. The van der Waals surface area contributed by atoms with Crippen molar-refractivity contribution < 1.29 is 4.74 Å². The smallest absolute Gasteiger partial charge is 0.189 e. The van der Waals surface area contributed by atoms with Crippen molar-refractivity contribution in [2.75, 3.05) is 7.11 Å². The molecule has 0 bridgehead atoms. The monoisotopic (exact) mass is 406 g/mol. The van der Waals surface area contributed by atoms with Gasteiger partial charge in [-0.05, 0) is 53.5 Å². The Bertz CT molecular complexity index is 1130. The van der Waals surface area contributed by atoms with Gasteiger partial charge in [-0.2, -0.15) is 15.8 Å². The molecule has 0 unspecified atom stereocenters. The van der Waals surface area contributed by atoms with E-state index >= 15 is 0 Å². The number of hydrogen-bond donors (Lipinski definition) is 1. The normalized spacial score (nSPS) is 26.4. The van der Waals surface area contributed by atoms with Crippen LogP contribution in [0.2, 0.25) is 0 Å². The summed E-state index contributed by atoms with van der Waals surface area (Å²) < 4.78 is 5.27. The van der Waals surface area contributed by atoms with Crippen molar-refractivity contribution >= 4 is 5.71 Å². The molecule has 1 N–H and O–H groups in total. The largest absolute Gasteiger partial charge is 0.497 e. The Kier molecular flexibility index (Phi) is 5.33. The maximum Gasteiger partial charge on any atom is 0.189 e. The van der Waals surface area contributed by atoms with E-state index in [0.717, 1.165) is 24.0 Å². The molecular weight excluding hydrogens is 384 g/mol. The van der Waals surface area contributed by atoms with Crippen LogP contribution in [0.25, 0.3) is 0 Å². The van der Waals surface area contributed by atoms with E-state index in [9.17, 15) is 15.8 Å². The van der Waals surface area contributed by atoms with Gasteiger partial charge >= 0.3 is 0 Å². The van der Waals surface area contributed by atoms with Gasteiger partial charge in [0, 0.05) is 5.92 Å². The fraction of sp³-hybridized carbons (Fsp3) is 0.308. The minimum Gasteiger partial charge on any atom is -0.497 e. The van der Waals surface area contributed by atoms with Crippen molar-refractivity contribution in [3.63, 3.8) is 0 Å². The molecule has 2 aliphatic carbocycles. The first-order valence-electron chi connectivity index (χ1n) is 10.3. The van der Waals surface area contributed by atoms with Crippen LogP contribution in [0.1, 0.15) is 35.8 Å². The lowest BCUT2D eigenvalue weighted by Gasteiger charge is -2.47. The van der Waals surface area contributed by atoms with E-state index in [-0.39, 0.29) is 17.5 Å². The highest BCUT2D eigenvalue weighted by Crippen LogP contribution is 2.57. The molecule has 0 heterocycles. The van der Waals surface area contributed by atoms with Crippen LogP contribution in [-0.4, -0.2) is 12.8 Å². The molecule has 4 rings (SSSR count). The Morgan fingerprint density at radius 2 is 1.65 bits per heavy atom. The van der Waals surface area contributed by atoms with Crippen molar-refractivity contribution in [2.24, 2.45) is 17.3 Å². The second kappa shape index (κ2) is 8.10. The molecule has 31 heavy (non-hydrogen) atoms. The number of nitrogens with zero attached hydrogens (tertiary/aromatic N) is 3. The summed E-state index contributed by atoms with van der Waals surface area (Å²) in [6.07, 6.45) is 3.58. The van der Waals surface area contributed by atoms with E-state index in [2.05, 4.69) is 36.4 Å². The molecule has 4 atom stereocenters. The number of ether oxygens (including phenoxy) is 1. The second-order valence-electron chi connectivity index (χ2n) is 8.15. The summed E-state index contributed by atoms with van der Waals surface area (Å²) in [4.78, 5) is 0. The third kappa shape index (κ3) is 3.18. The highest BCUT2D eigenvalue weighted by Gasteiger charge is 2.57. The lowest BCUT2D eigenvalue weighted by Crippen LogP contribution is -2.49. The van der Waals surface area contributed by atoms with Crippen LogP contribution in [0.15, 0.2) is 66.2 Å². The van der Waals surface area contributed by atoms with E-state index in [1.807, 2.05) is 42.5 Å². The van der Waals surface area contributed by atoms with Crippen molar-refractivity contribution in [3.8, 4) is 24.0 Å². The summed E-state index contributed by atoms with van der Waals surface area (Å²) in [5.74, 6) is -0.618. The Balaban J connectivity index is 1.88. The van der Waals surface area contributed by atoms with E-state index < -0.39 is 17.3 Å². The van der Waals surface area contributed by atoms with Gasteiger partial charge in [-0.3, -0.25) is 0 Å². The molecule has 0 amide bonds. The molecule has 0 aliphatic heterocycles. The summed E-state index contributed by atoms with van der Waals surface area (Å²) in [7, 11) is 1.59. The van der Waals surface area contributed by atoms with Crippen molar-refractivity contribution in [3.05, 3.63) is 77.4 Å². The van der Waals surface area contributed by atoms with Gasteiger partial charge in [0.2, 0.25) is 0 Å². The summed E-state index contributed by atoms with van der Waals surface area (Å²) in [5.41, 5.74) is 1.10. The Labute approximate surface area is 182 Å². The zero-order chi connectivity index (χ0) is 22.0. The van der Waals surface area contributed by atoms with Gasteiger partial charge < -0.3 is 10.1 Å². The lowest BCUT2D eigenvalue weighted by molar-refractivity contribution is 0.304. The number of hydrogen-bond acceptors (Lipinski definition) is 5. The van der Waals surface area contributed by atoms with Crippen LogP contribution < -0.4 is 4.74 Å². The van der Waals surface area contributed by atoms with E-state index in [4.69, 9.17) is 10.1 Å². The van der Waals surface area contributed by atoms with Crippen molar-refractivity contribution in [1.29, 1.82) is 21.2 Å². The average Bonchev–Trinajstić information content (AvgIpc) is 2.84. The summed E-state index contributed by atoms with van der Waals surface area (Å²) in [6.45, 7) is 0. The molecule has 2 aliphatic rings. The molecule has 2 aromatic carbocycles. The fourth-order valence-electron chi connectivity index (χ4n) is 5.21. The van der Waals surface area contributed by atoms with Crippen LogP contribution in [0.3, 0.4) is 0 Å². The molecule has 1 fully saturated rings. The highest BCUT2D eigenvalue weighted by molar-refractivity contribution is 6.00. The van der Waals surface area contributed by atoms with Crippen LogP contribution in [0, 0.1) is 56.7 Å². The van der Waals surface area contributed by atoms with E-state index in [1.165, 1.54) is 5.56 Å². The minimum absolute atomic E-state index is 0.110. The lowest BCUT2D eigenvalue weighted by atomic mass is 9.52. The van der Waals surface area contributed by atoms with Gasteiger partial charge in [-0.15, -0.1) is 0 Å². The Hall–Kier alpha value is -3.88. The highest BCUT2D eigenvalue weighted by atomic mass is 16.5. The van der Waals surface area contributed by atoms with Gasteiger partial charge in [-0.25, -0.2) is 0 Å². The zero-order valence-electron chi connectivity index (χ0n) is 17.2. The molecule has 0 aromatic heterocycles. The van der Waals surface area contributed by atoms with Crippen molar-refractivity contribution in [2.45, 2.75) is 24.7 Å². The van der Waals surface area contributed by atoms with Crippen LogP contribution in [0.4, 0.5) is 0 Å². The summed E-state index contributed by atoms with van der Waals surface area (Å²) >= 11 is 0. The first-order chi connectivity index (χ1) is 15.1. The predicted molar refractivity (Wildman–Crippen MR) is 116 cm³/mol. The van der Waals surface area contributed by atoms with Gasteiger partial charge in [0.25, 0.3) is 0 Å². The SMILES string of the molecule is COc1ccc([C@H]2[C@@H]3C[C@@H](c4ccccc4)CC=C3[C@H](C#N)C(=N)C2(C#N)C#N)cc1. The van der Waals surface area contributed by atoms with Gasteiger partial charge in [0.1, 0.15) is 11.7 Å². The van der Waals surface area contributed by atoms with E-state index in [0.29, 0.717) is 5.75 Å². The molecular formula is C26H22N4O. The molecule has 0 radical (unpaired) electrons. The Morgan fingerprint density at radius 3 is 2.23 bits per heavy atom. The molecule has 1 saturated carbocycles. The predicted octanol–water partition coefficient (Wildman–Crippen LogP) is 5.11. The summed E-state index contributed by atoms with van der Waals surface area (Å²) in [5, 5.41) is 38.9. The third-order valence-electron chi connectivity index (χ3n) is 6.75. The number of nitrogens with one attached hydrogen (secondary N) is 1. The second-order valence-corrected chi connectivity index (χ2v) is 8.15. The zero-order valence-corrected chi connectivity index (χ0v) is 17.2. The van der Waals surface area contributed by atoms with Gasteiger partial charge in [0.05, 0.1) is 31.0 Å². The van der Waals surface area contributed by atoms with Crippen LogP contribution >= 0.6 is 0 Å². The quantitative estimate of drug-likeness (QED) is 0.715. The Morgan fingerprint density at radius 1 is 0.968 bits per heavy atom. The number of rotatable bonds is 3. The molecule has 0 spiro atoms. The van der Waals surface area contributed by atoms with E-state index in [1.54, 1.807) is 7.11 Å². The maximum absolute atomic E-state index is 10.2. The van der Waals surface area contributed by atoms with Gasteiger partial charge in [-0.1, -0.05) is 48.5 Å². The first-order valence-corrected chi connectivity index (χ1v) is 10.3. The number of nitriles is 3. The standard InChI is InChI=1S/C26H22N4O/c1-31-20-10-7-18(8-11-20)24-22-13-19(17-5-3-2-4-6-17)9-12-21(22)23(14-27)25(30)26(24,15-28)16-29/h2-8,10-12,19,22-24,30H,9,13H2,1H3/t19-,22+,23-,24-/m0/s1. The molecule has 2 aromatic rings. The number of benzene rings is 2.